The third-order valence-electron chi connectivity index (χ3n) is 1.36. The molecule has 0 saturated heterocycles. The summed E-state index contributed by atoms with van der Waals surface area (Å²) in [5, 5.41) is 20.5. The van der Waals surface area contributed by atoms with Crippen LogP contribution in [0.3, 0.4) is 0 Å². The lowest BCUT2D eigenvalue weighted by molar-refractivity contribution is 0.262. The van der Waals surface area contributed by atoms with Crippen LogP contribution in [0.2, 0.25) is 0 Å². The van der Waals surface area contributed by atoms with Crippen LogP contribution in [0.25, 0.3) is 0 Å². The lowest BCUT2D eigenvalue weighted by Gasteiger charge is -1.99. The Morgan fingerprint density at radius 1 is 1.62 bits per heavy atom. The van der Waals surface area contributed by atoms with E-state index in [1.807, 2.05) is 6.08 Å². The summed E-state index contributed by atoms with van der Waals surface area (Å²) in [6.45, 7) is 4.13. The van der Waals surface area contributed by atoms with E-state index in [1.165, 1.54) is 0 Å². The molecule has 0 aliphatic carbocycles. The van der Waals surface area contributed by atoms with E-state index in [9.17, 15) is 0 Å². The Bertz CT molecular complexity index is 263. The van der Waals surface area contributed by atoms with Gasteiger partial charge in [-0.05, 0) is 16.8 Å². The Hall–Kier alpha value is -0.880. The molecular weight excluding hydrogens is 188 g/mol. The molecule has 0 bridgehead atoms. The highest BCUT2D eigenvalue weighted by Crippen LogP contribution is 2.14. The van der Waals surface area contributed by atoms with E-state index in [-0.39, 0.29) is 6.61 Å². The smallest absolute Gasteiger partial charge is 0.209 e. The summed E-state index contributed by atoms with van der Waals surface area (Å²) in [5.74, 6) is 0.912. The number of tetrazole rings is 1. The molecule has 0 aromatic carbocycles. The molecule has 13 heavy (non-hydrogen) atoms. The highest BCUT2D eigenvalue weighted by atomic mass is 32.2. The van der Waals surface area contributed by atoms with Crippen molar-refractivity contribution in [3.05, 3.63) is 12.7 Å². The van der Waals surface area contributed by atoms with Gasteiger partial charge in [0.25, 0.3) is 0 Å². The molecule has 1 aromatic rings. The summed E-state index contributed by atoms with van der Waals surface area (Å²) in [5.41, 5.74) is 0. The predicted molar refractivity (Wildman–Crippen MR) is 50.4 cm³/mol. The van der Waals surface area contributed by atoms with Gasteiger partial charge < -0.3 is 5.11 Å². The number of nitrogens with zero attached hydrogens (tertiary/aromatic N) is 4. The molecule has 0 atom stereocenters. The van der Waals surface area contributed by atoms with Crippen molar-refractivity contribution in [2.75, 3.05) is 12.4 Å². The van der Waals surface area contributed by atoms with E-state index >= 15 is 0 Å². The summed E-state index contributed by atoms with van der Waals surface area (Å²) < 4.78 is 1.59. The van der Waals surface area contributed by atoms with Crippen molar-refractivity contribution in [1.82, 2.24) is 20.2 Å². The number of hydrogen-bond acceptors (Lipinski definition) is 5. The first-order valence-corrected chi connectivity index (χ1v) is 4.97. The molecule has 1 N–H and O–H groups in total. The lowest BCUT2D eigenvalue weighted by Crippen LogP contribution is -2.05. The summed E-state index contributed by atoms with van der Waals surface area (Å²) in [7, 11) is 0. The van der Waals surface area contributed by atoms with E-state index in [1.54, 1.807) is 16.4 Å². The molecule has 1 aromatic heterocycles. The van der Waals surface area contributed by atoms with Gasteiger partial charge in [-0.2, -0.15) is 0 Å². The molecule has 0 radical (unpaired) electrons. The Morgan fingerprint density at radius 2 is 2.46 bits per heavy atom. The molecule has 1 rings (SSSR count). The minimum atomic E-state index is 0.0556. The highest BCUT2D eigenvalue weighted by molar-refractivity contribution is 7.99. The van der Waals surface area contributed by atoms with E-state index < -0.39 is 0 Å². The van der Waals surface area contributed by atoms with Gasteiger partial charge in [-0.3, -0.25) is 0 Å². The number of aliphatic hydroxyl groups excluding tert-OH is 1. The quantitative estimate of drug-likeness (QED) is 0.407. The Labute approximate surface area is 80.8 Å². The zero-order chi connectivity index (χ0) is 9.52. The largest absolute Gasteiger partial charge is 0.394 e. The van der Waals surface area contributed by atoms with Crippen molar-refractivity contribution in [3.8, 4) is 0 Å². The van der Waals surface area contributed by atoms with Crippen LogP contribution in [0.5, 0.6) is 0 Å². The van der Waals surface area contributed by atoms with Crippen LogP contribution < -0.4 is 0 Å². The minimum Gasteiger partial charge on any atom is -0.394 e. The van der Waals surface area contributed by atoms with Crippen LogP contribution in [-0.2, 0) is 6.54 Å². The average Bonchev–Trinajstić information content (AvgIpc) is 2.54. The Morgan fingerprint density at radius 3 is 3.15 bits per heavy atom. The lowest BCUT2D eigenvalue weighted by atomic mass is 10.5. The first kappa shape index (κ1) is 10.2. The molecule has 0 amide bonds. The van der Waals surface area contributed by atoms with Gasteiger partial charge in [0.1, 0.15) is 0 Å². The molecule has 0 aliphatic rings. The van der Waals surface area contributed by atoms with Crippen LogP contribution in [0.4, 0.5) is 0 Å². The van der Waals surface area contributed by atoms with Crippen molar-refractivity contribution in [2.45, 2.75) is 18.1 Å². The predicted octanol–water partition coefficient (Wildman–Crippen LogP) is 0.334. The summed E-state index contributed by atoms with van der Waals surface area (Å²) in [6.07, 6.45) is 2.78. The number of aromatic nitrogens is 4. The number of aliphatic hydroxyl groups is 1. The fourth-order valence-electron chi connectivity index (χ4n) is 0.768. The molecule has 0 fully saturated rings. The first-order valence-electron chi connectivity index (χ1n) is 3.99. The van der Waals surface area contributed by atoms with Crippen LogP contribution in [0.15, 0.2) is 17.8 Å². The standard InChI is InChI=1S/C7H12N4OS/c1-2-3-6-13-7-8-9-10-11(7)4-5-12/h2,12H,1,3-6H2. The van der Waals surface area contributed by atoms with Crippen molar-refractivity contribution in [1.29, 1.82) is 0 Å². The number of hydrogen-bond donors (Lipinski definition) is 1. The molecule has 1 heterocycles. The number of allylic oxidation sites excluding steroid dienone is 1. The molecule has 0 saturated carbocycles. The molecule has 0 spiro atoms. The van der Waals surface area contributed by atoms with Gasteiger partial charge in [-0.1, -0.05) is 17.8 Å². The fraction of sp³-hybridized carbons (Fsp3) is 0.571. The summed E-state index contributed by atoms with van der Waals surface area (Å²) in [6, 6.07) is 0. The van der Waals surface area contributed by atoms with E-state index in [0.29, 0.717) is 6.54 Å². The summed E-state index contributed by atoms with van der Waals surface area (Å²) in [4.78, 5) is 0. The first-order chi connectivity index (χ1) is 6.38. The van der Waals surface area contributed by atoms with Gasteiger partial charge in [-0.15, -0.1) is 11.7 Å². The van der Waals surface area contributed by atoms with Gasteiger partial charge in [0, 0.05) is 5.75 Å². The number of thioether (sulfide) groups is 1. The number of rotatable bonds is 6. The van der Waals surface area contributed by atoms with Gasteiger partial charge >= 0.3 is 0 Å². The minimum absolute atomic E-state index is 0.0556. The van der Waals surface area contributed by atoms with Gasteiger partial charge in [0.05, 0.1) is 13.2 Å². The van der Waals surface area contributed by atoms with Gasteiger partial charge in [0.2, 0.25) is 5.16 Å². The van der Waals surface area contributed by atoms with Crippen LogP contribution >= 0.6 is 11.8 Å². The monoisotopic (exact) mass is 200 g/mol. The Balaban J connectivity index is 2.44. The maximum Gasteiger partial charge on any atom is 0.209 e. The van der Waals surface area contributed by atoms with Gasteiger partial charge in [-0.25, -0.2) is 4.68 Å². The van der Waals surface area contributed by atoms with Crippen LogP contribution in [0, 0.1) is 0 Å². The van der Waals surface area contributed by atoms with E-state index in [0.717, 1.165) is 17.3 Å². The molecule has 6 heteroatoms. The van der Waals surface area contributed by atoms with Gasteiger partial charge in [0.15, 0.2) is 0 Å². The van der Waals surface area contributed by atoms with Crippen molar-refractivity contribution < 1.29 is 5.11 Å². The third-order valence-corrected chi connectivity index (χ3v) is 2.35. The van der Waals surface area contributed by atoms with Crippen molar-refractivity contribution in [3.63, 3.8) is 0 Å². The van der Waals surface area contributed by atoms with E-state index in [2.05, 4.69) is 22.1 Å². The average molecular weight is 200 g/mol. The molecule has 72 valence electrons. The zero-order valence-electron chi connectivity index (χ0n) is 7.26. The maximum atomic E-state index is 8.69. The van der Waals surface area contributed by atoms with E-state index in [4.69, 9.17) is 5.11 Å². The van der Waals surface area contributed by atoms with Crippen molar-refractivity contribution >= 4 is 11.8 Å². The zero-order valence-corrected chi connectivity index (χ0v) is 8.07. The second-order valence-corrected chi connectivity index (χ2v) is 3.40. The molecule has 0 aliphatic heterocycles. The maximum absolute atomic E-state index is 8.69. The topological polar surface area (TPSA) is 63.8 Å². The molecule has 0 unspecified atom stereocenters. The SMILES string of the molecule is C=CCCSc1nnnn1CCO. The third kappa shape index (κ3) is 3.16. The Kier molecular flexibility index (Phi) is 4.48. The van der Waals surface area contributed by atoms with Crippen LogP contribution in [-0.4, -0.2) is 37.7 Å². The normalized spacial score (nSPS) is 10.2. The highest BCUT2D eigenvalue weighted by Gasteiger charge is 2.04. The summed E-state index contributed by atoms with van der Waals surface area (Å²) >= 11 is 1.56. The fourth-order valence-corrected chi connectivity index (χ4v) is 1.61. The van der Waals surface area contributed by atoms with Crippen LogP contribution in [0.1, 0.15) is 6.42 Å². The molecular formula is C7H12N4OS. The molecule has 5 nitrogen and oxygen atoms in total. The second-order valence-electron chi connectivity index (χ2n) is 2.33. The van der Waals surface area contributed by atoms with Crippen molar-refractivity contribution in [2.24, 2.45) is 0 Å². The second kappa shape index (κ2) is 5.71.